The van der Waals surface area contributed by atoms with Crippen LogP contribution in [0.1, 0.15) is 116 Å². The Hall–Kier alpha value is 0.177. The zero-order valence-electron chi connectivity index (χ0n) is 15.9. The molecule has 0 heterocycles. The molecule has 0 amide bonds. The summed E-state index contributed by atoms with van der Waals surface area (Å²) in [6, 6.07) is 0. The van der Waals surface area contributed by atoms with Crippen molar-refractivity contribution in [1.82, 2.24) is 5.32 Å². The summed E-state index contributed by atoms with van der Waals surface area (Å²) in [5.74, 6) is 0. The minimum absolute atomic E-state index is 1.25. The molecule has 1 N–H and O–H groups in total. The van der Waals surface area contributed by atoms with Gasteiger partial charge in [-0.25, -0.2) is 0 Å². The molecule has 0 saturated heterocycles. The first-order valence-corrected chi connectivity index (χ1v) is 12.0. The number of unbranched alkanes of at least 4 members (excludes halogenated alkanes) is 16. The maximum absolute atomic E-state index is 3.46. The number of nitrogens with one attached hydrogen (secondary N) is 1. The Labute approximate surface area is 144 Å². The van der Waals surface area contributed by atoms with E-state index in [-0.39, 0.29) is 0 Å². The average Bonchev–Trinajstić information content (AvgIpc) is 2.54. The second kappa shape index (κ2) is 21.2. The molecule has 22 heavy (non-hydrogen) atoms. The van der Waals surface area contributed by atoms with E-state index in [0.29, 0.717) is 0 Å². The van der Waals surface area contributed by atoms with Crippen molar-refractivity contribution in [2.75, 3.05) is 12.7 Å². The Bertz CT molecular complexity index is 165. The molecule has 134 valence electrons. The summed E-state index contributed by atoms with van der Waals surface area (Å²) in [7, 11) is 1.30. The van der Waals surface area contributed by atoms with Crippen molar-refractivity contribution >= 4 is 10.2 Å². The van der Waals surface area contributed by atoms with Crippen LogP contribution >= 0.6 is 0 Å². The smallest absolute Gasteiger partial charge is 0.0201 e. The molecule has 0 aromatic carbocycles. The van der Waals surface area contributed by atoms with Crippen LogP contribution in [-0.2, 0) is 0 Å². The fourth-order valence-corrected chi connectivity index (χ4v) is 3.51. The molecule has 2 heteroatoms. The van der Waals surface area contributed by atoms with Crippen molar-refractivity contribution < 1.29 is 0 Å². The van der Waals surface area contributed by atoms with Gasteiger partial charge in [-0.05, 0) is 19.1 Å². The van der Waals surface area contributed by atoms with Gasteiger partial charge in [0, 0.05) is 10.2 Å². The normalized spacial score (nSPS) is 11.3. The van der Waals surface area contributed by atoms with Crippen LogP contribution in [0.4, 0.5) is 0 Å². The van der Waals surface area contributed by atoms with E-state index in [1.807, 2.05) is 0 Å². The van der Waals surface area contributed by atoms with E-state index in [2.05, 4.69) is 12.2 Å². The van der Waals surface area contributed by atoms with E-state index < -0.39 is 0 Å². The second-order valence-corrected chi connectivity index (χ2v) is 7.72. The molecule has 0 aromatic rings. The van der Waals surface area contributed by atoms with Crippen LogP contribution in [0.5, 0.6) is 0 Å². The quantitative estimate of drug-likeness (QED) is 0.242. The first-order valence-electron chi connectivity index (χ1n) is 10.6. The topological polar surface area (TPSA) is 12.0 Å². The van der Waals surface area contributed by atoms with Crippen molar-refractivity contribution in [2.45, 2.75) is 116 Å². The second-order valence-electron chi connectivity index (χ2n) is 7.01. The lowest BCUT2D eigenvalue weighted by atomic mass is 10.0. The highest BCUT2D eigenvalue weighted by atomic mass is 28.1. The Kier molecular flexibility index (Phi) is 21.3. The number of rotatable bonds is 19. The Morgan fingerprint density at radius 2 is 0.818 bits per heavy atom. The summed E-state index contributed by atoms with van der Waals surface area (Å²) < 4.78 is 0. The molecule has 0 spiro atoms. The molecule has 0 unspecified atom stereocenters. The van der Waals surface area contributed by atoms with Gasteiger partial charge in [0.05, 0.1) is 0 Å². The van der Waals surface area contributed by atoms with Crippen molar-refractivity contribution in [3.05, 3.63) is 0 Å². The number of hydrogen-bond donors (Lipinski definition) is 1. The van der Waals surface area contributed by atoms with Gasteiger partial charge >= 0.3 is 0 Å². The van der Waals surface area contributed by atoms with Crippen molar-refractivity contribution in [3.63, 3.8) is 0 Å². The van der Waals surface area contributed by atoms with Gasteiger partial charge in [-0.2, -0.15) is 0 Å². The Morgan fingerprint density at radius 3 is 1.14 bits per heavy atom. The lowest BCUT2D eigenvalue weighted by Gasteiger charge is -2.04. The summed E-state index contributed by atoms with van der Waals surface area (Å²) in [4.78, 5) is 0. The van der Waals surface area contributed by atoms with Crippen molar-refractivity contribution in [2.24, 2.45) is 0 Å². The molecule has 0 bridgehead atoms. The minimum Gasteiger partial charge on any atom is -0.320 e. The highest BCUT2D eigenvalue weighted by Crippen LogP contribution is 2.13. The molecule has 0 aliphatic carbocycles. The molecule has 0 radical (unpaired) electrons. The molecule has 1 nitrogen and oxygen atoms in total. The lowest BCUT2D eigenvalue weighted by Crippen LogP contribution is -2.16. The van der Waals surface area contributed by atoms with Crippen LogP contribution in [0.15, 0.2) is 0 Å². The van der Waals surface area contributed by atoms with Crippen molar-refractivity contribution in [3.8, 4) is 0 Å². The summed E-state index contributed by atoms with van der Waals surface area (Å²) >= 11 is 0. The highest BCUT2D eigenvalue weighted by Gasteiger charge is 1.94. The number of hydrogen-bond acceptors (Lipinski definition) is 1. The monoisotopic (exact) mass is 327 g/mol. The Morgan fingerprint density at radius 1 is 0.500 bits per heavy atom. The molecule has 0 fully saturated rings. The molecule has 0 aliphatic rings. The molecular formula is C20H45NSi. The fraction of sp³-hybridized carbons (Fsp3) is 1.00. The SMILES string of the molecule is CCCCCCCCCCCCCCCCCCCNC[SiH3]. The van der Waals surface area contributed by atoms with E-state index in [0.717, 1.165) is 0 Å². The maximum Gasteiger partial charge on any atom is 0.0201 e. The molecule has 0 rings (SSSR count). The third-order valence-corrected chi connectivity index (χ3v) is 5.21. The van der Waals surface area contributed by atoms with Crippen molar-refractivity contribution in [1.29, 1.82) is 0 Å². The van der Waals surface area contributed by atoms with Gasteiger partial charge in [-0.1, -0.05) is 110 Å². The van der Waals surface area contributed by atoms with Crippen LogP contribution in [-0.4, -0.2) is 23.0 Å². The fourth-order valence-electron chi connectivity index (χ4n) is 3.15. The molecule has 0 aliphatic heterocycles. The summed E-state index contributed by atoms with van der Waals surface area (Å²) in [5, 5.41) is 3.46. The van der Waals surface area contributed by atoms with Crippen LogP contribution in [0, 0.1) is 0 Å². The van der Waals surface area contributed by atoms with Crippen LogP contribution in [0.25, 0.3) is 0 Å². The largest absolute Gasteiger partial charge is 0.320 e. The van der Waals surface area contributed by atoms with Crippen LogP contribution < -0.4 is 5.32 Å². The highest BCUT2D eigenvalue weighted by molar-refractivity contribution is 6.08. The summed E-state index contributed by atoms with van der Waals surface area (Å²) in [6.07, 6.45) is 26.1. The molecule has 0 aromatic heterocycles. The summed E-state index contributed by atoms with van der Waals surface area (Å²) in [6.45, 7) is 3.55. The van der Waals surface area contributed by atoms with E-state index in [4.69, 9.17) is 0 Å². The first kappa shape index (κ1) is 22.2. The van der Waals surface area contributed by atoms with Gasteiger partial charge in [0.15, 0.2) is 0 Å². The summed E-state index contributed by atoms with van der Waals surface area (Å²) in [5.41, 5.74) is 0. The minimum atomic E-state index is 1.25. The Balaban J connectivity index is 2.91. The first-order chi connectivity index (χ1) is 10.9. The van der Waals surface area contributed by atoms with Gasteiger partial charge in [0.2, 0.25) is 0 Å². The van der Waals surface area contributed by atoms with Gasteiger partial charge in [-0.3, -0.25) is 0 Å². The van der Waals surface area contributed by atoms with E-state index in [1.165, 1.54) is 132 Å². The third kappa shape index (κ3) is 20.2. The lowest BCUT2D eigenvalue weighted by molar-refractivity contribution is 0.525. The van der Waals surface area contributed by atoms with E-state index in [1.54, 1.807) is 0 Å². The predicted molar refractivity (Wildman–Crippen MR) is 107 cm³/mol. The van der Waals surface area contributed by atoms with Crippen LogP contribution in [0.3, 0.4) is 0 Å². The maximum atomic E-state index is 3.46. The van der Waals surface area contributed by atoms with E-state index >= 15 is 0 Å². The zero-order chi connectivity index (χ0) is 16.1. The zero-order valence-corrected chi connectivity index (χ0v) is 17.9. The molecule has 0 atom stereocenters. The average molecular weight is 328 g/mol. The molecule has 0 saturated carbocycles. The van der Waals surface area contributed by atoms with Gasteiger partial charge in [-0.15, -0.1) is 0 Å². The standard InChI is InChI=1S/C20H45NSi/c1-2-3-4-5-6-7-8-9-10-11-12-13-14-15-16-17-18-19-21-20-22/h21H,2-20H2,1,22H3. The van der Waals surface area contributed by atoms with Gasteiger partial charge in [0.1, 0.15) is 0 Å². The molecular weight excluding hydrogens is 282 g/mol. The van der Waals surface area contributed by atoms with Crippen LogP contribution in [0.2, 0.25) is 0 Å². The predicted octanol–water partition coefficient (Wildman–Crippen LogP) is 5.55. The van der Waals surface area contributed by atoms with Gasteiger partial charge in [0.25, 0.3) is 0 Å². The van der Waals surface area contributed by atoms with E-state index in [9.17, 15) is 0 Å². The third-order valence-electron chi connectivity index (χ3n) is 4.71. The van der Waals surface area contributed by atoms with Gasteiger partial charge < -0.3 is 5.32 Å².